The Morgan fingerprint density at radius 1 is 0.621 bits per heavy atom. The fourth-order valence-corrected chi connectivity index (χ4v) is 11.1. The van der Waals surface area contributed by atoms with Crippen LogP contribution >= 0.6 is 0 Å². The Hall–Kier alpha value is -0.980. The van der Waals surface area contributed by atoms with E-state index in [4.69, 9.17) is 0 Å². The van der Waals surface area contributed by atoms with E-state index in [1.165, 1.54) is 88.2 Å². The molecule has 1 N–H and O–H groups in total. The summed E-state index contributed by atoms with van der Waals surface area (Å²) in [5.74, 6) is 6.44. The third-order valence-corrected chi connectivity index (χ3v) is 10.9. The molecule has 8 bridgehead atoms. The Bertz CT molecular complexity index is 806. The Labute approximate surface area is 176 Å². The Morgan fingerprint density at radius 3 is 1.34 bits per heavy atom. The molecular weight excluding hydrogens is 352 g/mol. The molecule has 0 atom stereocenters. The van der Waals surface area contributed by atoms with Gasteiger partial charge in [-0.15, -0.1) is 0 Å². The van der Waals surface area contributed by atoms with Gasteiger partial charge in [0.1, 0.15) is 5.75 Å². The van der Waals surface area contributed by atoms with Crippen LogP contribution in [0.2, 0.25) is 0 Å². The van der Waals surface area contributed by atoms with E-state index >= 15 is 0 Å². The van der Waals surface area contributed by atoms with Gasteiger partial charge in [0.05, 0.1) is 0 Å². The van der Waals surface area contributed by atoms with Crippen molar-refractivity contribution < 1.29 is 5.11 Å². The molecule has 0 aliphatic heterocycles. The summed E-state index contributed by atoms with van der Waals surface area (Å²) in [6.07, 6.45) is 17.7. The van der Waals surface area contributed by atoms with Gasteiger partial charge in [0, 0.05) is 0 Å². The zero-order valence-electron chi connectivity index (χ0n) is 18.5. The predicted octanol–water partition coefficient (Wildman–Crippen LogP) is 6.94. The minimum absolute atomic E-state index is 0.390. The highest BCUT2D eigenvalue weighted by Crippen LogP contribution is 2.66. The molecule has 0 unspecified atom stereocenters. The summed E-state index contributed by atoms with van der Waals surface area (Å²) in [7, 11) is 0. The van der Waals surface area contributed by atoms with Crippen LogP contribution in [0, 0.1) is 49.4 Å². The lowest BCUT2D eigenvalue weighted by Gasteiger charge is -2.61. The third kappa shape index (κ3) is 2.34. The van der Waals surface area contributed by atoms with Crippen molar-refractivity contribution >= 4 is 0 Å². The minimum Gasteiger partial charge on any atom is -0.508 e. The molecule has 0 aromatic heterocycles. The smallest absolute Gasteiger partial charge is 0.119 e. The molecule has 8 fully saturated rings. The fraction of sp³-hybridized carbons (Fsp3) is 0.786. The molecule has 0 amide bonds. The standard InChI is InChI=1S/C28H38O/c1-16-3-24(29)17(2)26(28-13-21-7-22(14-28)9-23(8-21)15-28)25(16)27-10-18-4-19(11-27)6-20(5-18)12-27/h3,18-23,29H,4-15H2,1-2H3. The number of phenolic OH excluding ortho intramolecular Hbond substituents is 1. The Morgan fingerprint density at radius 2 is 0.966 bits per heavy atom. The molecular formula is C28H38O. The van der Waals surface area contributed by atoms with Crippen molar-refractivity contribution in [2.45, 2.75) is 102 Å². The van der Waals surface area contributed by atoms with Crippen molar-refractivity contribution in [2.24, 2.45) is 35.5 Å². The average molecular weight is 391 g/mol. The highest BCUT2D eigenvalue weighted by atomic mass is 16.3. The number of hydrogen-bond acceptors (Lipinski definition) is 1. The lowest BCUT2D eigenvalue weighted by Crippen LogP contribution is -2.53. The van der Waals surface area contributed by atoms with E-state index in [1.54, 1.807) is 11.1 Å². The summed E-state index contributed by atoms with van der Waals surface area (Å²) < 4.78 is 0. The molecule has 0 radical (unpaired) electrons. The van der Waals surface area contributed by atoms with Crippen LogP contribution in [0.3, 0.4) is 0 Å². The molecule has 8 saturated carbocycles. The summed E-state index contributed by atoms with van der Waals surface area (Å²) in [5, 5.41) is 11.0. The van der Waals surface area contributed by atoms with Crippen molar-refractivity contribution in [3.8, 4) is 5.75 Å². The fourth-order valence-electron chi connectivity index (χ4n) is 11.1. The summed E-state index contributed by atoms with van der Waals surface area (Å²) >= 11 is 0. The zero-order chi connectivity index (χ0) is 19.5. The first-order chi connectivity index (χ1) is 13.9. The van der Waals surface area contributed by atoms with Crippen molar-refractivity contribution in [2.75, 3.05) is 0 Å². The maximum Gasteiger partial charge on any atom is 0.119 e. The molecule has 29 heavy (non-hydrogen) atoms. The lowest BCUT2D eigenvalue weighted by molar-refractivity contribution is -0.0180. The van der Waals surface area contributed by atoms with Crippen molar-refractivity contribution in [3.05, 3.63) is 28.3 Å². The summed E-state index contributed by atoms with van der Waals surface area (Å²) in [5.41, 5.74) is 6.99. The molecule has 1 heteroatoms. The molecule has 1 nitrogen and oxygen atoms in total. The van der Waals surface area contributed by atoms with Gasteiger partial charge in [0.25, 0.3) is 0 Å². The van der Waals surface area contributed by atoms with Crippen molar-refractivity contribution in [1.82, 2.24) is 0 Å². The summed E-state index contributed by atoms with van der Waals surface area (Å²) in [6.45, 7) is 4.61. The Balaban J connectivity index is 1.44. The van der Waals surface area contributed by atoms with Crippen LogP contribution in [0.5, 0.6) is 5.75 Å². The number of rotatable bonds is 2. The van der Waals surface area contributed by atoms with E-state index in [1.807, 2.05) is 0 Å². The molecule has 0 spiro atoms. The van der Waals surface area contributed by atoms with E-state index < -0.39 is 0 Å². The normalized spacial score (nSPS) is 49.2. The predicted molar refractivity (Wildman–Crippen MR) is 117 cm³/mol. The number of phenols is 1. The van der Waals surface area contributed by atoms with Crippen LogP contribution in [-0.4, -0.2) is 5.11 Å². The number of aryl methyl sites for hydroxylation is 1. The first-order valence-electron chi connectivity index (χ1n) is 12.8. The van der Waals surface area contributed by atoms with E-state index in [0.717, 1.165) is 35.5 Å². The van der Waals surface area contributed by atoms with Gasteiger partial charge in [0.2, 0.25) is 0 Å². The third-order valence-electron chi connectivity index (χ3n) is 10.9. The highest BCUT2D eigenvalue weighted by Gasteiger charge is 2.57. The second kappa shape index (κ2) is 5.63. The minimum atomic E-state index is 0.390. The van der Waals surface area contributed by atoms with E-state index in [-0.39, 0.29) is 0 Å². The van der Waals surface area contributed by atoms with Crippen molar-refractivity contribution in [3.63, 3.8) is 0 Å². The first kappa shape index (κ1) is 17.7. The van der Waals surface area contributed by atoms with Crippen LogP contribution < -0.4 is 0 Å². The average Bonchev–Trinajstić information content (AvgIpc) is 2.62. The van der Waals surface area contributed by atoms with E-state index in [9.17, 15) is 5.11 Å². The summed E-state index contributed by atoms with van der Waals surface area (Å²) in [4.78, 5) is 0. The quantitative estimate of drug-likeness (QED) is 0.579. The molecule has 156 valence electrons. The van der Waals surface area contributed by atoms with Gasteiger partial charge in [0.15, 0.2) is 0 Å². The maximum absolute atomic E-state index is 11.0. The molecule has 1 aromatic carbocycles. The van der Waals surface area contributed by atoms with Gasteiger partial charge in [-0.25, -0.2) is 0 Å². The number of benzene rings is 1. The Kier molecular flexibility index (Phi) is 3.43. The van der Waals surface area contributed by atoms with Crippen LogP contribution in [-0.2, 0) is 10.8 Å². The topological polar surface area (TPSA) is 20.2 Å². The molecule has 0 saturated heterocycles. The van der Waals surface area contributed by atoms with E-state index in [0.29, 0.717) is 16.6 Å². The van der Waals surface area contributed by atoms with Gasteiger partial charge in [-0.2, -0.15) is 0 Å². The maximum atomic E-state index is 11.0. The van der Waals surface area contributed by atoms with Gasteiger partial charge in [-0.3, -0.25) is 0 Å². The molecule has 8 aliphatic carbocycles. The molecule has 0 heterocycles. The molecule has 8 aliphatic rings. The summed E-state index contributed by atoms with van der Waals surface area (Å²) in [6, 6.07) is 2.15. The second-order valence-electron chi connectivity index (χ2n) is 13.0. The monoisotopic (exact) mass is 390 g/mol. The number of hydrogen-bond donors (Lipinski definition) is 1. The van der Waals surface area contributed by atoms with Crippen LogP contribution in [0.15, 0.2) is 6.07 Å². The van der Waals surface area contributed by atoms with Crippen LogP contribution in [0.4, 0.5) is 0 Å². The largest absolute Gasteiger partial charge is 0.508 e. The number of aromatic hydroxyl groups is 1. The van der Waals surface area contributed by atoms with Gasteiger partial charge in [-0.1, -0.05) is 0 Å². The highest BCUT2D eigenvalue weighted by molar-refractivity contribution is 5.56. The van der Waals surface area contributed by atoms with Gasteiger partial charge < -0.3 is 5.11 Å². The van der Waals surface area contributed by atoms with E-state index in [2.05, 4.69) is 19.9 Å². The van der Waals surface area contributed by atoms with Gasteiger partial charge >= 0.3 is 0 Å². The van der Waals surface area contributed by atoms with Crippen LogP contribution in [0.1, 0.15) is 99.3 Å². The second-order valence-corrected chi connectivity index (χ2v) is 13.0. The first-order valence-corrected chi connectivity index (χ1v) is 12.8. The van der Waals surface area contributed by atoms with Crippen molar-refractivity contribution in [1.29, 1.82) is 0 Å². The van der Waals surface area contributed by atoms with Crippen LogP contribution in [0.25, 0.3) is 0 Å². The van der Waals surface area contributed by atoms with Gasteiger partial charge in [-0.05, 0) is 166 Å². The lowest BCUT2D eigenvalue weighted by atomic mass is 9.43. The SMILES string of the molecule is Cc1cc(O)c(C)c(C23CC4CC(CC(C4)C2)C3)c1C12CC3CC(CC(C3)C1)C2. The molecule has 9 rings (SSSR count). The zero-order valence-corrected chi connectivity index (χ0v) is 18.5. The molecule has 1 aromatic rings.